The average molecular weight is 473 g/mol. The second kappa shape index (κ2) is 10.00. The van der Waals surface area contributed by atoms with E-state index in [1.165, 1.54) is 12.8 Å². The molecule has 0 unspecified atom stereocenters. The van der Waals surface area contributed by atoms with Crippen molar-refractivity contribution in [3.63, 3.8) is 0 Å². The summed E-state index contributed by atoms with van der Waals surface area (Å²) in [4.78, 5) is 19.1. The van der Waals surface area contributed by atoms with E-state index in [0.717, 1.165) is 59.3 Å². The zero-order valence-corrected chi connectivity index (χ0v) is 20.6. The summed E-state index contributed by atoms with van der Waals surface area (Å²) in [5, 5.41) is 13.8. The third-order valence-corrected chi connectivity index (χ3v) is 7.18. The summed E-state index contributed by atoms with van der Waals surface area (Å²) in [6.07, 6.45) is 4.60. The Morgan fingerprint density at radius 3 is 2.49 bits per heavy atom. The number of fused-ring (bicyclic) bond motifs is 1. The maximum atomic E-state index is 13.5. The zero-order valence-electron chi connectivity index (χ0n) is 20.6. The highest BCUT2D eigenvalue weighted by molar-refractivity contribution is 5.83. The minimum atomic E-state index is -0.323. The summed E-state index contributed by atoms with van der Waals surface area (Å²) < 4.78 is 7.11. The van der Waals surface area contributed by atoms with Crippen molar-refractivity contribution in [2.24, 2.45) is 0 Å². The summed E-state index contributed by atoms with van der Waals surface area (Å²) >= 11 is 0. The SMILES string of the molecule is COc1ccc(Cn2nnnc2[C@@H](c2cc3ccc(C)c(C)c3[nH]c2=O)N2CCCCCC2)cc1. The molecule has 5 rings (SSSR count). The van der Waals surface area contributed by atoms with Crippen LogP contribution in [0.2, 0.25) is 0 Å². The fraction of sp³-hybridized carbons (Fsp3) is 0.407. The van der Waals surface area contributed by atoms with Gasteiger partial charge in [-0.2, -0.15) is 0 Å². The highest BCUT2D eigenvalue weighted by Gasteiger charge is 2.31. The summed E-state index contributed by atoms with van der Waals surface area (Å²) in [5.41, 5.74) is 4.82. The van der Waals surface area contributed by atoms with Gasteiger partial charge in [0.25, 0.3) is 5.56 Å². The molecule has 1 aliphatic heterocycles. The van der Waals surface area contributed by atoms with Gasteiger partial charge in [0.2, 0.25) is 0 Å². The Morgan fingerprint density at radius 1 is 1.03 bits per heavy atom. The molecular formula is C27H32N6O2. The normalized spacial score (nSPS) is 15.7. The summed E-state index contributed by atoms with van der Waals surface area (Å²) in [5.74, 6) is 1.50. The molecule has 182 valence electrons. The van der Waals surface area contributed by atoms with Crippen molar-refractivity contribution < 1.29 is 4.74 Å². The number of nitrogens with zero attached hydrogens (tertiary/aromatic N) is 5. The molecule has 35 heavy (non-hydrogen) atoms. The fourth-order valence-corrected chi connectivity index (χ4v) is 5.02. The number of methoxy groups -OCH3 is 1. The molecule has 2 aromatic carbocycles. The van der Waals surface area contributed by atoms with E-state index in [1.54, 1.807) is 7.11 Å². The van der Waals surface area contributed by atoms with Crippen molar-refractivity contribution >= 4 is 10.9 Å². The molecule has 1 atom stereocenters. The molecule has 1 fully saturated rings. The maximum Gasteiger partial charge on any atom is 0.253 e. The van der Waals surface area contributed by atoms with E-state index in [9.17, 15) is 4.79 Å². The van der Waals surface area contributed by atoms with Gasteiger partial charge in [-0.3, -0.25) is 9.69 Å². The van der Waals surface area contributed by atoms with E-state index in [1.807, 2.05) is 35.0 Å². The third kappa shape index (κ3) is 4.71. The quantitative estimate of drug-likeness (QED) is 0.453. The molecular weight excluding hydrogens is 440 g/mol. The smallest absolute Gasteiger partial charge is 0.253 e. The molecule has 4 aromatic rings. The Labute approximate surface area is 204 Å². The minimum Gasteiger partial charge on any atom is -0.497 e. The number of likely N-dealkylation sites (tertiary alicyclic amines) is 1. The topological polar surface area (TPSA) is 88.9 Å². The molecule has 1 N–H and O–H groups in total. The van der Waals surface area contributed by atoms with E-state index in [2.05, 4.69) is 51.4 Å². The molecule has 2 aromatic heterocycles. The van der Waals surface area contributed by atoms with Gasteiger partial charge in [-0.15, -0.1) is 5.10 Å². The number of ether oxygens (including phenoxy) is 1. The summed E-state index contributed by atoms with van der Waals surface area (Å²) in [6, 6.07) is 13.8. The van der Waals surface area contributed by atoms with Crippen LogP contribution in [-0.2, 0) is 6.54 Å². The molecule has 0 bridgehead atoms. The number of rotatable bonds is 6. The van der Waals surface area contributed by atoms with E-state index < -0.39 is 0 Å². The van der Waals surface area contributed by atoms with Crippen LogP contribution in [0.15, 0.2) is 47.3 Å². The van der Waals surface area contributed by atoms with Crippen LogP contribution in [0.3, 0.4) is 0 Å². The first-order valence-electron chi connectivity index (χ1n) is 12.3. The number of aromatic nitrogens is 5. The van der Waals surface area contributed by atoms with Crippen LogP contribution in [0.4, 0.5) is 0 Å². The predicted molar refractivity (Wildman–Crippen MR) is 136 cm³/mol. The van der Waals surface area contributed by atoms with Crippen molar-refractivity contribution in [3.8, 4) is 5.75 Å². The van der Waals surface area contributed by atoms with Crippen LogP contribution in [-0.4, -0.2) is 50.3 Å². The Kier molecular flexibility index (Phi) is 6.63. The van der Waals surface area contributed by atoms with Crippen LogP contribution in [0.5, 0.6) is 5.75 Å². The van der Waals surface area contributed by atoms with Crippen LogP contribution >= 0.6 is 0 Å². The molecule has 3 heterocycles. The number of tetrazole rings is 1. The van der Waals surface area contributed by atoms with Gasteiger partial charge in [-0.25, -0.2) is 4.68 Å². The Morgan fingerprint density at radius 2 is 1.77 bits per heavy atom. The maximum absolute atomic E-state index is 13.5. The number of nitrogens with one attached hydrogen (secondary N) is 1. The number of hydrogen-bond donors (Lipinski definition) is 1. The fourth-order valence-electron chi connectivity index (χ4n) is 5.02. The first kappa shape index (κ1) is 23.2. The van der Waals surface area contributed by atoms with Gasteiger partial charge in [-0.05, 0) is 90.5 Å². The van der Waals surface area contributed by atoms with Gasteiger partial charge in [0, 0.05) is 5.56 Å². The minimum absolute atomic E-state index is 0.0838. The first-order chi connectivity index (χ1) is 17.0. The lowest BCUT2D eigenvalue weighted by molar-refractivity contribution is 0.220. The van der Waals surface area contributed by atoms with Crippen molar-refractivity contribution in [3.05, 3.63) is 80.9 Å². The number of hydrogen-bond acceptors (Lipinski definition) is 6. The monoisotopic (exact) mass is 472 g/mol. The van der Waals surface area contributed by atoms with Gasteiger partial charge in [0.15, 0.2) is 5.82 Å². The van der Waals surface area contributed by atoms with E-state index in [4.69, 9.17) is 4.74 Å². The molecule has 1 aliphatic rings. The Balaban J connectivity index is 1.60. The molecule has 0 aliphatic carbocycles. The molecule has 0 amide bonds. The number of H-pyrrole nitrogens is 1. The van der Waals surface area contributed by atoms with Gasteiger partial charge in [0.05, 0.1) is 19.2 Å². The van der Waals surface area contributed by atoms with Gasteiger partial charge >= 0.3 is 0 Å². The summed E-state index contributed by atoms with van der Waals surface area (Å²) in [7, 11) is 1.66. The molecule has 1 saturated heterocycles. The van der Waals surface area contributed by atoms with Crippen LogP contribution < -0.4 is 10.3 Å². The number of aromatic amines is 1. The highest BCUT2D eigenvalue weighted by Crippen LogP contribution is 2.30. The highest BCUT2D eigenvalue weighted by atomic mass is 16.5. The first-order valence-corrected chi connectivity index (χ1v) is 12.3. The van der Waals surface area contributed by atoms with Gasteiger partial charge in [0.1, 0.15) is 11.8 Å². The lowest BCUT2D eigenvalue weighted by atomic mass is 10.00. The number of pyridine rings is 1. The molecule has 0 spiro atoms. The number of aryl methyl sites for hydroxylation is 2. The molecule has 8 heteroatoms. The summed E-state index contributed by atoms with van der Waals surface area (Å²) in [6.45, 7) is 6.44. The van der Waals surface area contributed by atoms with Crippen LogP contribution in [0.25, 0.3) is 10.9 Å². The third-order valence-electron chi connectivity index (χ3n) is 7.18. The second-order valence-electron chi connectivity index (χ2n) is 9.42. The Hall–Kier alpha value is -3.52. The van der Waals surface area contributed by atoms with E-state index >= 15 is 0 Å². The van der Waals surface area contributed by atoms with E-state index in [0.29, 0.717) is 17.9 Å². The van der Waals surface area contributed by atoms with Crippen molar-refractivity contribution in [2.45, 2.75) is 52.1 Å². The molecule has 0 radical (unpaired) electrons. The largest absolute Gasteiger partial charge is 0.497 e. The average Bonchev–Trinajstić information content (AvgIpc) is 3.14. The van der Waals surface area contributed by atoms with Crippen molar-refractivity contribution in [1.82, 2.24) is 30.1 Å². The standard InChI is InChI=1S/C27H32N6O2/c1-18-8-11-21-16-23(27(34)28-24(21)19(18)2)25(32-14-6-4-5-7-15-32)26-29-30-31-33(26)17-20-9-12-22(35-3)13-10-20/h8-13,16,25H,4-7,14-15,17H2,1-3H3,(H,28,34)/t25-/m1/s1. The molecule has 8 nitrogen and oxygen atoms in total. The lowest BCUT2D eigenvalue weighted by Gasteiger charge is -2.29. The lowest BCUT2D eigenvalue weighted by Crippen LogP contribution is -2.36. The van der Waals surface area contributed by atoms with Gasteiger partial charge in [-0.1, -0.05) is 37.1 Å². The van der Waals surface area contributed by atoms with Gasteiger partial charge < -0.3 is 9.72 Å². The van der Waals surface area contributed by atoms with E-state index in [-0.39, 0.29) is 11.6 Å². The predicted octanol–water partition coefficient (Wildman–Crippen LogP) is 4.15. The zero-order chi connectivity index (χ0) is 24.4. The van der Waals surface area contributed by atoms with Crippen LogP contribution in [0.1, 0.15) is 59.8 Å². The van der Waals surface area contributed by atoms with Crippen LogP contribution in [0, 0.1) is 13.8 Å². The number of benzene rings is 2. The van der Waals surface area contributed by atoms with Crippen molar-refractivity contribution in [2.75, 3.05) is 20.2 Å². The molecule has 0 saturated carbocycles. The van der Waals surface area contributed by atoms with Crippen molar-refractivity contribution in [1.29, 1.82) is 0 Å². The second-order valence-corrected chi connectivity index (χ2v) is 9.42. The Bertz CT molecular complexity index is 1370.